The van der Waals surface area contributed by atoms with Crippen molar-refractivity contribution >= 4 is 21.6 Å². The monoisotopic (exact) mass is 392 g/mol. The van der Waals surface area contributed by atoms with Crippen molar-refractivity contribution in [3.05, 3.63) is 36.8 Å². The molecule has 0 bridgehead atoms. The molecule has 27 heavy (non-hydrogen) atoms. The number of rotatable bonds is 6. The topological polar surface area (TPSA) is 93.5 Å². The van der Waals surface area contributed by atoms with Crippen LogP contribution in [-0.2, 0) is 21.4 Å². The molecule has 0 aliphatic carbocycles. The molecule has 0 radical (unpaired) electrons. The molecule has 1 aromatic carbocycles. The Morgan fingerprint density at radius 3 is 2.85 bits per heavy atom. The van der Waals surface area contributed by atoms with Crippen LogP contribution >= 0.6 is 0 Å². The Labute approximate surface area is 159 Å². The van der Waals surface area contributed by atoms with Crippen LogP contribution in [0.15, 0.2) is 41.8 Å². The lowest BCUT2D eigenvalue weighted by Crippen LogP contribution is -2.43. The Kier molecular flexibility index (Phi) is 5.81. The van der Waals surface area contributed by atoms with Gasteiger partial charge in [0.1, 0.15) is 5.75 Å². The molecule has 0 spiro atoms. The fraction of sp³-hybridized carbons (Fsp3) is 0.444. The molecule has 1 saturated heterocycles. The number of sulfonamides is 1. The largest absolute Gasteiger partial charge is 0.495 e. The molecule has 0 saturated carbocycles. The van der Waals surface area contributed by atoms with Gasteiger partial charge in [-0.25, -0.2) is 13.4 Å². The van der Waals surface area contributed by atoms with Crippen molar-refractivity contribution in [3.8, 4) is 5.75 Å². The molecule has 1 aromatic heterocycles. The Hall–Kier alpha value is -2.39. The smallest absolute Gasteiger partial charge is 0.262 e. The standard InChI is InChI=1S/C18H24N4O4S/c1-3-21-12-17(19-13-21)27(24,25)22-10-6-7-14(11-22)18(23)20-15-8-4-5-9-16(15)26-2/h4-5,8-9,12-14H,3,6-7,10-11H2,1-2H3,(H,20,23)/t14-/m0/s1. The number of aryl methyl sites for hydroxylation is 1. The summed E-state index contributed by atoms with van der Waals surface area (Å²) >= 11 is 0. The zero-order valence-corrected chi connectivity index (χ0v) is 16.3. The van der Waals surface area contributed by atoms with Crippen molar-refractivity contribution in [3.63, 3.8) is 0 Å². The minimum absolute atomic E-state index is 0.0233. The quantitative estimate of drug-likeness (QED) is 0.811. The first-order valence-corrected chi connectivity index (χ1v) is 10.4. The highest BCUT2D eigenvalue weighted by molar-refractivity contribution is 7.89. The third-order valence-electron chi connectivity index (χ3n) is 4.70. The molecule has 2 heterocycles. The Morgan fingerprint density at radius 1 is 1.37 bits per heavy atom. The van der Waals surface area contributed by atoms with E-state index in [9.17, 15) is 13.2 Å². The first-order chi connectivity index (χ1) is 13.0. The molecule has 146 valence electrons. The van der Waals surface area contributed by atoms with Crippen LogP contribution in [0, 0.1) is 5.92 Å². The minimum atomic E-state index is -3.71. The van der Waals surface area contributed by atoms with Crippen LogP contribution in [-0.4, -0.2) is 48.4 Å². The highest BCUT2D eigenvalue weighted by Gasteiger charge is 2.34. The molecular weight excluding hydrogens is 368 g/mol. The van der Waals surface area contributed by atoms with E-state index in [1.54, 1.807) is 22.8 Å². The zero-order chi connectivity index (χ0) is 19.4. The maximum absolute atomic E-state index is 12.8. The van der Waals surface area contributed by atoms with Gasteiger partial charge in [0.15, 0.2) is 5.03 Å². The zero-order valence-electron chi connectivity index (χ0n) is 15.5. The average molecular weight is 392 g/mol. The number of benzene rings is 1. The summed E-state index contributed by atoms with van der Waals surface area (Å²) in [6, 6.07) is 7.14. The van der Waals surface area contributed by atoms with Crippen molar-refractivity contribution in [2.45, 2.75) is 31.3 Å². The SMILES string of the molecule is CCn1cnc(S(=O)(=O)N2CCC[C@H](C(=O)Nc3ccccc3OC)C2)c1. The van der Waals surface area contributed by atoms with Gasteiger partial charge in [-0.2, -0.15) is 4.31 Å². The van der Waals surface area contributed by atoms with E-state index < -0.39 is 15.9 Å². The predicted molar refractivity (Wildman–Crippen MR) is 101 cm³/mol. The molecule has 2 aromatic rings. The molecule has 3 rings (SSSR count). The Balaban J connectivity index is 1.72. The van der Waals surface area contributed by atoms with Gasteiger partial charge >= 0.3 is 0 Å². The number of hydrogen-bond donors (Lipinski definition) is 1. The summed E-state index contributed by atoms with van der Waals surface area (Å²) in [7, 11) is -2.17. The van der Waals surface area contributed by atoms with Gasteiger partial charge < -0.3 is 14.6 Å². The van der Waals surface area contributed by atoms with Crippen LogP contribution in [0.5, 0.6) is 5.75 Å². The summed E-state index contributed by atoms with van der Waals surface area (Å²) in [4.78, 5) is 16.7. The Bertz CT molecular complexity index is 910. The number of aromatic nitrogens is 2. The highest BCUT2D eigenvalue weighted by Crippen LogP contribution is 2.27. The van der Waals surface area contributed by atoms with Crippen LogP contribution < -0.4 is 10.1 Å². The summed E-state index contributed by atoms with van der Waals surface area (Å²) in [5.41, 5.74) is 0.576. The summed E-state index contributed by atoms with van der Waals surface area (Å²) in [5.74, 6) is -0.0681. The maximum atomic E-state index is 12.8. The molecule has 1 amide bonds. The average Bonchev–Trinajstić information content (AvgIpc) is 3.18. The summed E-state index contributed by atoms with van der Waals surface area (Å²) in [6.45, 7) is 3.09. The van der Waals surface area contributed by atoms with Crippen LogP contribution in [0.25, 0.3) is 0 Å². The lowest BCUT2D eigenvalue weighted by Gasteiger charge is -2.30. The van der Waals surface area contributed by atoms with Gasteiger partial charge in [0.25, 0.3) is 10.0 Å². The lowest BCUT2D eigenvalue weighted by molar-refractivity contribution is -0.120. The first-order valence-electron chi connectivity index (χ1n) is 8.91. The molecule has 1 aliphatic heterocycles. The number of anilines is 1. The Morgan fingerprint density at radius 2 is 2.15 bits per heavy atom. The lowest BCUT2D eigenvalue weighted by atomic mass is 9.98. The van der Waals surface area contributed by atoms with Gasteiger partial charge in [-0.1, -0.05) is 12.1 Å². The van der Waals surface area contributed by atoms with Crippen LogP contribution in [0.3, 0.4) is 0 Å². The fourth-order valence-electron chi connectivity index (χ4n) is 3.14. The number of piperidine rings is 1. The summed E-state index contributed by atoms with van der Waals surface area (Å²) < 4.78 is 34.0. The molecule has 1 fully saturated rings. The van der Waals surface area contributed by atoms with Gasteiger partial charge in [-0.15, -0.1) is 0 Å². The van der Waals surface area contributed by atoms with Gasteiger partial charge in [0, 0.05) is 25.8 Å². The third-order valence-corrected chi connectivity index (χ3v) is 6.45. The molecular formula is C18H24N4O4S. The van der Waals surface area contributed by atoms with E-state index in [0.29, 0.717) is 37.4 Å². The number of hydrogen-bond acceptors (Lipinski definition) is 5. The first kappa shape index (κ1) is 19.4. The number of amides is 1. The summed E-state index contributed by atoms with van der Waals surface area (Å²) in [5, 5.41) is 2.87. The minimum Gasteiger partial charge on any atom is -0.495 e. The number of methoxy groups -OCH3 is 1. The number of imidazole rings is 1. The molecule has 9 heteroatoms. The number of carbonyl (C=O) groups is 1. The summed E-state index contributed by atoms with van der Waals surface area (Å²) in [6.07, 6.45) is 4.28. The van der Waals surface area contributed by atoms with E-state index >= 15 is 0 Å². The fourth-order valence-corrected chi connectivity index (χ4v) is 4.59. The van der Waals surface area contributed by atoms with Gasteiger partial charge in [-0.3, -0.25) is 4.79 Å². The van der Waals surface area contributed by atoms with Gasteiger partial charge in [0.05, 0.1) is 25.0 Å². The van der Waals surface area contributed by atoms with E-state index in [1.807, 2.05) is 13.0 Å². The second kappa shape index (κ2) is 8.10. The molecule has 0 unspecified atom stereocenters. The van der Waals surface area contributed by atoms with Gasteiger partial charge in [-0.05, 0) is 31.9 Å². The van der Waals surface area contributed by atoms with E-state index in [4.69, 9.17) is 4.74 Å². The van der Waals surface area contributed by atoms with E-state index in [1.165, 1.54) is 23.9 Å². The maximum Gasteiger partial charge on any atom is 0.262 e. The predicted octanol–water partition coefficient (Wildman–Crippen LogP) is 1.95. The molecule has 8 nitrogen and oxygen atoms in total. The van der Waals surface area contributed by atoms with Crippen LogP contribution in [0.4, 0.5) is 5.69 Å². The second-order valence-electron chi connectivity index (χ2n) is 6.43. The highest BCUT2D eigenvalue weighted by atomic mass is 32.2. The number of nitrogens with one attached hydrogen (secondary N) is 1. The van der Waals surface area contributed by atoms with E-state index in [2.05, 4.69) is 10.3 Å². The van der Waals surface area contributed by atoms with E-state index in [0.717, 1.165) is 0 Å². The van der Waals surface area contributed by atoms with Crippen molar-refractivity contribution in [1.82, 2.24) is 13.9 Å². The van der Waals surface area contributed by atoms with Gasteiger partial charge in [0.2, 0.25) is 5.91 Å². The number of nitrogens with zero attached hydrogens (tertiary/aromatic N) is 3. The van der Waals surface area contributed by atoms with Crippen LogP contribution in [0.2, 0.25) is 0 Å². The molecule has 1 aliphatic rings. The second-order valence-corrected chi connectivity index (χ2v) is 8.32. The normalized spacial score (nSPS) is 18.2. The third kappa shape index (κ3) is 4.14. The number of carbonyl (C=O) groups excluding carboxylic acids is 1. The van der Waals surface area contributed by atoms with Crippen LogP contribution in [0.1, 0.15) is 19.8 Å². The number of para-hydroxylation sites is 2. The van der Waals surface area contributed by atoms with Crippen molar-refractivity contribution in [2.24, 2.45) is 5.92 Å². The van der Waals surface area contributed by atoms with E-state index in [-0.39, 0.29) is 17.5 Å². The van der Waals surface area contributed by atoms with Crippen molar-refractivity contribution in [2.75, 3.05) is 25.5 Å². The number of ether oxygens (including phenoxy) is 1. The molecule has 1 atom stereocenters. The molecule has 1 N–H and O–H groups in total. The van der Waals surface area contributed by atoms with Crippen molar-refractivity contribution < 1.29 is 17.9 Å². The van der Waals surface area contributed by atoms with Crippen molar-refractivity contribution in [1.29, 1.82) is 0 Å².